The van der Waals surface area contributed by atoms with E-state index in [1.165, 1.54) is 74.7 Å². The molecule has 2 aromatic rings. The molecule has 6 heteroatoms. The lowest BCUT2D eigenvalue weighted by Gasteiger charge is -2.34. The van der Waals surface area contributed by atoms with Gasteiger partial charge in [-0.2, -0.15) is 0 Å². The fourth-order valence-corrected chi connectivity index (χ4v) is 2.33. The van der Waals surface area contributed by atoms with E-state index in [-0.39, 0.29) is 23.2 Å². The molecule has 0 unspecified atom stereocenters. The molecule has 0 atom stereocenters. The van der Waals surface area contributed by atoms with E-state index in [9.17, 15) is 13.6 Å². The van der Waals surface area contributed by atoms with Gasteiger partial charge in [0.15, 0.2) is 11.5 Å². The maximum atomic E-state index is 13.1. The van der Waals surface area contributed by atoms with Crippen molar-refractivity contribution in [1.29, 1.82) is 0 Å². The second-order valence-corrected chi connectivity index (χ2v) is 5.72. The minimum absolute atomic E-state index is 0.0134. The fraction of sp³-hybridized carbons (Fsp3) is 0.150. The van der Waals surface area contributed by atoms with E-state index in [2.05, 4.69) is 0 Å². The van der Waals surface area contributed by atoms with E-state index in [1.807, 2.05) is 0 Å². The van der Waals surface area contributed by atoms with Crippen LogP contribution in [0.15, 0.2) is 60.0 Å². The lowest BCUT2D eigenvalue weighted by atomic mass is 10.1. The van der Waals surface area contributed by atoms with Crippen LogP contribution in [0.4, 0.5) is 8.78 Å². The highest BCUT2D eigenvalue weighted by Crippen LogP contribution is 2.32. The summed E-state index contributed by atoms with van der Waals surface area (Å²) in [4.78, 5) is 12.7. The maximum absolute atomic E-state index is 13.1. The van der Waals surface area contributed by atoms with Crippen LogP contribution in [0.5, 0.6) is 0 Å². The van der Waals surface area contributed by atoms with Crippen molar-refractivity contribution in [3.63, 3.8) is 0 Å². The van der Waals surface area contributed by atoms with Crippen LogP contribution in [0.3, 0.4) is 0 Å². The van der Waals surface area contributed by atoms with Crippen LogP contribution in [0.1, 0.15) is 18.1 Å². The molecule has 0 N–H and O–H groups in total. The van der Waals surface area contributed by atoms with E-state index in [1.54, 1.807) is 0 Å². The number of ether oxygens (including phenoxy) is 3. The van der Waals surface area contributed by atoms with Gasteiger partial charge in [-0.3, -0.25) is 4.79 Å². The van der Waals surface area contributed by atoms with Gasteiger partial charge in [0.25, 0.3) is 5.78 Å². The molecule has 0 aliphatic carbocycles. The molecule has 0 radical (unpaired) electrons. The number of hydrogen-bond acceptors (Lipinski definition) is 4. The minimum Gasteiger partial charge on any atom is -0.426 e. The first-order chi connectivity index (χ1) is 12.4. The van der Waals surface area contributed by atoms with E-state index >= 15 is 0 Å². The number of Topliss-reactive ketones (excluding diaryl/α,β-unsaturated/α-hetero) is 1. The predicted octanol–water partition coefficient (Wildman–Crippen LogP) is 4.28. The van der Waals surface area contributed by atoms with Crippen molar-refractivity contribution < 1.29 is 27.8 Å². The maximum Gasteiger partial charge on any atom is 0.368 e. The third-order valence-corrected chi connectivity index (χ3v) is 3.74. The Morgan fingerprint density at radius 1 is 0.846 bits per heavy atom. The molecule has 1 aliphatic rings. The van der Waals surface area contributed by atoms with Gasteiger partial charge in [-0.25, -0.2) is 8.78 Å². The summed E-state index contributed by atoms with van der Waals surface area (Å²) in [6, 6.07) is 11.2. The Bertz CT molecular complexity index is 800. The van der Waals surface area contributed by atoms with Crippen LogP contribution in [-0.4, -0.2) is 18.9 Å². The highest BCUT2D eigenvalue weighted by atomic mass is 19.1. The van der Waals surface area contributed by atoms with Gasteiger partial charge in [0.1, 0.15) is 11.6 Å². The quantitative estimate of drug-likeness (QED) is 0.768. The Balaban J connectivity index is 1.98. The SMILES string of the molecule is COC1(C)O/C(=C\c2ccc(F)cc2)C(=O)/C(=C/c2ccc(F)cc2)O1. The van der Waals surface area contributed by atoms with E-state index in [0.717, 1.165) is 0 Å². The molecule has 1 saturated heterocycles. The number of carbonyl (C=O) groups is 1. The van der Waals surface area contributed by atoms with Gasteiger partial charge in [-0.05, 0) is 47.5 Å². The number of halogens is 2. The highest BCUT2D eigenvalue weighted by molar-refractivity contribution is 6.11. The third kappa shape index (κ3) is 3.97. The summed E-state index contributed by atoms with van der Waals surface area (Å²) < 4.78 is 42.4. The topological polar surface area (TPSA) is 44.8 Å². The Hall–Kier alpha value is -2.99. The van der Waals surface area contributed by atoms with Gasteiger partial charge in [0, 0.05) is 14.0 Å². The zero-order chi connectivity index (χ0) is 18.7. The zero-order valence-electron chi connectivity index (χ0n) is 14.2. The van der Waals surface area contributed by atoms with E-state index < -0.39 is 11.8 Å². The van der Waals surface area contributed by atoms with Gasteiger partial charge < -0.3 is 14.2 Å². The van der Waals surface area contributed by atoms with Crippen molar-refractivity contribution in [2.75, 3.05) is 7.11 Å². The molecule has 0 aromatic heterocycles. The average Bonchev–Trinajstić information content (AvgIpc) is 2.63. The van der Waals surface area contributed by atoms with Gasteiger partial charge in [-0.15, -0.1) is 0 Å². The summed E-state index contributed by atoms with van der Waals surface area (Å²) in [5, 5.41) is 0. The van der Waals surface area contributed by atoms with Crippen molar-refractivity contribution in [3.8, 4) is 0 Å². The van der Waals surface area contributed by atoms with Crippen LogP contribution in [0, 0.1) is 11.6 Å². The first-order valence-corrected chi connectivity index (χ1v) is 7.81. The van der Waals surface area contributed by atoms with Gasteiger partial charge in [0.2, 0.25) is 0 Å². The van der Waals surface area contributed by atoms with Crippen LogP contribution in [-0.2, 0) is 19.0 Å². The summed E-state index contributed by atoms with van der Waals surface area (Å²) in [7, 11) is 1.38. The predicted molar refractivity (Wildman–Crippen MR) is 91.3 cm³/mol. The van der Waals surface area contributed by atoms with Crippen LogP contribution >= 0.6 is 0 Å². The van der Waals surface area contributed by atoms with E-state index in [0.29, 0.717) is 11.1 Å². The fourth-order valence-electron chi connectivity index (χ4n) is 2.33. The van der Waals surface area contributed by atoms with E-state index in [4.69, 9.17) is 14.2 Å². The number of hydrogen-bond donors (Lipinski definition) is 0. The third-order valence-electron chi connectivity index (χ3n) is 3.74. The minimum atomic E-state index is -1.51. The molecule has 3 rings (SSSR count). The molecule has 4 nitrogen and oxygen atoms in total. The van der Waals surface area contributed by atoms with Crippen molar-refractivity contribution >= 4 is 17.9 Å². The lowest BCUT2D eigenvalue weighted by Crippen LogP contribution is -2.41. The lowest BCUT2D eigenvalue weighted by molar-refractivity contribution is -0.334. The molecule has 2 aromatic carbocycles. The Kier molecular flexibility index (Phi) is 4.86. The van der Waals surface area contributed by atoms with Gasteiger partial charge >= 0.3 is 5.97 Å². The smallest absolute Gasteiger partial charge is 0.368 e. The largest absolute Gasteiger partial charge is 0.426 e. The number of rotatable bonds is 3. The average molecular weight is 358 g/mol. The summed E-state index contributed by atoms with van der Waals surface area (Å²) in [6.45, 7) is 1.51. The standard InChI is InChI=1S/C20H16F2O4/c1-20(24-2)25-17(11-13-3-7-15(21)8-4-13)19(23)18(26-20)12-14-5-9-16(22)10-6-14/h3-12H,1-2H3/b17-11-,18-12-. The molecule has 1 aliphatic heterocycles. The molecular weight excluding hydrogens is 342 g/mol. The van der Waals surface area contributed by atoms with Gasteiger partial charge in [0.05, 0.1) is 0 Å². The molecule has 1 fully saturated rings. The second kappa shape index (κ2) is 7.09. The summed E-state index contributed by atoms with van der Waals surface area (Å²) in [5.41, 5.74) is 1.16. The van der Waals surface area contributed by atoms with Crippen molar-refractivity contribution in [1.82, 2.24) is 0 Å². The summed E-state index contributed by atoms with van der Waals surface area (Å²) >= 11 is 0. The molecule has 0 spiro atoms. The molecule has 1 heterocycles. The molecule has 0 amide bonds. The number of carbonyl (C=O) groups excluding carboxylic acids is 1. The molecule has 134 valence electrons. The Morgan fingerprint density at radius 2 is 1.23 bits per heavy atom. The summed E-state index contributed by atoms with van der Waals surface area (Å²) in [6.07, 6.45) is 2.94. The normalized spacial score (nSPS) is 23.0. The van der Waals surface area contributed by atoms with Crippen LogP contribution < -0.4 is 0 Å². The molecule has 0 saturated carbocycles. The second-order valence-electron chi connectivity index (χ2n) is 5.72. The summed E-state index contributed by atoms with van der Waals surface area (Å²) in [5.74, 6) is -2.81. The number of methoxy groups -OCH3 is 1. The van der Waals surface area contributed by atoms with Gasteiger partial charge in [-0.1, -0.05) is 24.3 Å². The Morgan fingerprint density at radius 3 is 1.58 bits per heavy atom. The van der Waals surface area contributed by atoms with Crippen LogP contribution in [0.2, 0.25) is 0 Å². The first-order valence-electron chi connectivity index (χ1n) is 7.81. The number of ketones is 1. The number of benzene rings is 2. The van der Waals surface area contributed by atoms with Crippen molar-refractivity contribution in [2.45, 2.75) is 12.9 Å². The monoisotopic (exact) mass is 358 g/mol. The highest BCUT2D eigenvalue weighted by Gasteiger charge is 2.40. The van der Waals surface area contributed by atoms with Crippen molar-refractivity contribution in [3.05, 3.63) is 82.8 Å². The molecule has 0 bridgehead atoms. The zero-order valence-corrected chi connectivity index (χ0v) is 14.2. The van der Waals surface area contributed by atoms with Crippen molar-refractivity contribution in [2.24, 2.45) is 0 Å². The Labute approximate surface area is 149 Å². The molecule has 26 heavy (non-hydrogen) atoms. The first kappa shape index (κ1) is 17.8. The van der Waals surface area contributed by atoms with Crippen LogP contribution in [0.25, 0.3) is 12.2 Å². The molecular formula is C20H16F2O4.